The highest BCUT2D eigenvalue weighted by Gasteiger charge is 2.18. The molecule has 0 spiro atoms. The van der Waals surface area contributed by atoms with Gasteiger partial charge in [0.2, 0.25) is 5.91 Å². The number of rotatable bonds is 7. The Morgan fingerprint density at radius 1 is 0.943 bits per heavy atom. The molecule has 0 aromatic heterocycles. The van der Waals surface area contributed by atoms with Crippen molar-refractivity contribution in [3.8, 4) is 0 Å². The third kappa shape index (κ3) is 8.08. The van der Waals surface area contributed by atoms with Crippen LogP contribution in [0.4, 0.5) is 11.4 Å². The fraction of sp³-hybridized carbons (Fsp3) is 0.423. The van der Waals surface area contributed by atoms with Crippen LogP contribution in [0.25, 0.3) is 0 Å². The van der Waals surface area contributed by atoms with Crippen LogP contribution in [-0.2, 0) is 19.0 Å². The molecule has 0 heterocycles. The second kappa shape index (κ2) is 13.5. The van der Waals surface area contributed by atoms with E-state index in [4.69, 9.17) is 15.2 Å². The van der Waals surface area contributed by atoms with E-state index in [1.165, 1.54) is 27.2 Å². The Morgan fingerprint density at radius 2 is 1.46 bits per heavy atom. The van der Waals surface area contributed by atoms with E-state index in [9.17, 15) is 19.5 Å². The summed E-state index contributed by atoms with van der Waals surface area (Å²) in [6.07, 6.45) is -0.760. The molecule has 0 aliphatic rings. The van der Waals surface area contributed by atoms with Crippen LogP contribution in [0.5, 0.6) is 0 Å². The number of hydrogen-bond acceptors (Lipinski definition) is 8. The summed E-state index contributed by atoms with van der Waals surface area (Å²) in [7, 11) is 2.61. The number of amides is 1. The maximum atomic E-state index is 11.6. The number of nitrogens with two attached hydrogens (primary N) is 1. The zero-order chi connectivity index (χ0) is 26.9. The van der Waals surface area contributed by atoms with Crippen molar-refractivity contribution in [2.45, 2.75) is 53.8 Å². The van der Waals surface area contributed by atoms with Crippen LogP contribution < -0.4 is 11.1 Å². The third-order valence-corrected chi connectivity index (χ3v) is 5.27. The highest BCUT2D eigenvalue weighted by Crippen LogP contribution is 2.27. The number of carbonyl (C=O) groups is 3. The average Bonchev–Trinajstić information content (AvgIpc) is 2.78. The van der Waals surface area contributed by atoms with Crippen molar-refractivity contribution in [3.05, 3.63) is 57.6 Å². The topological polar surface area (TPSA) is 137 Å². The third-order valence-electron chi connectivity index (χ3n) is 5.27. The minimum Gasteiger partial charge on any atom is -0.465 e. The molecular weight excluding hydrogens is 452 g/mol. The lowest BCUT2D eigenvalue weighted by Crippen LogP contribution is -2.13. The maximum Gasteiger partial charge on any atom is 0.339 e. The summed E-state index contributed by atoms with van der Waals surface area (Å²) >= 11 is 0. The molecule has 2 aromatic rings. The molecule has 2 aromatic carbocycles. The van der Waals surface area contributed by atoms with Crippen LogP contribution in [0.1, 0.15) is 82.9 Å². The lowest BCUT2D eigenvalue weighted by atomic mass is 9.99. The number of esters is 2. The Labute approximate surface area is 206 Å². The largest absolute Gasteiger partial charge is 0.465 e. The van der Waals surface area contributed by atoms with E-state index in [0.717, 1.165) is 16.7 Å². The quantitative estimate of drug-likeness (QED) is 0.388. The zero-order valence-corrected chi connectivity index (χ0v) is 21.6. The monoisotopic (exact) mass is 488 g/mol. The molecule has 192 valence electrons. The van der Waals surface area contributed by atoms with Crippen molar-refractivity contribution in [1.82, 2.24) is 0 Å². The summed E-state index contributed by atoms with van der Waals surface area (Å²) in [4.78, 5) is 34.3. The number of carbonyl (C=O) groups excluding carboxylic acids is 3. The summed E-state index contributed by atoms with van der Waals surface area (Å²) in [5.74, 6) is -1.25. The van der Waals surface area contributed by atoms with Gasteiger partial charge in [-0.05, 0) is 81.1 Å². The molecule has 0 fully saturated rings. The number of nitrogens with one attached hydrogen (secondary N) is 1. The molecule has 0 aliphatic heterocycles. The van der Waals surface area contributed by atoms with Crippen LogP contribution in [0.15, 0.2) is 24.3 Å². The van der Waals surface area contributed by atoms with Gasteiger partial charge in [-0.25, -0.2) is 9.59 Å². The van der Waals surface area contributed by atoms with Crippen LogP contribution in [0.2, 0.25) is 0 Å². The SMILES string of the molecule is CCOC(C)c1cc(C(=O)OC)c(N)cc1C.COC(=O)c1cc(C(C)O)c(C)cc1NC(C)=O. The predicted molar refractivity (Wildman–Crippen MR) is 134 cm³/mol. The molecule has 0 saturated carbocycles. The first kappa shape index (κ1) is 29.6. The molecule has 0 radical (unpaired) electrons. The number of anilines is 2. The summed E-state index contributed by atoms with van der Waals surface area (Å²) < 4.78 is 14.9. The van der Waals surface area contributed by atoms with E-state index in [-0.39, 0.29) is 17.6 Å². The van der Waals surface area contributed by atoms with Gasteiger partial charge in [-0.1, -0.05) is 0 Å². The number of nitrogen functional groups attached to an aromatic ring is 1. The van der Waals surface area contributed by atoms with Crippen LogP contribution >= 0.6 is 0 Å². The lowest BCUT2D eigenvalue weighted by molar-refractivity contribution is -0.114. The van der Waals surface area contributed by atoms with Gasteiger partial charge in [0.05, 0.1) is 43.2 Å². The van der Waals surface area contributed by atoms with Crippen LogP contribution in [0.3, 0.4) is 0 Å². The second-order valence-corrected chi connectivity index (χ2v) is 7.99. The molecule has 35 heavy (non-hydrogen) atoms. The van der Waals surface area contributed by atoms with Crippen molar-refractivity contribution in [1.29, 1.82) is 0 Å². The van der Waals surface area contributed by atoms with Gasteiger partial charge in [-0.15, -0.1) is 0 Å². The molecule has 9 heteroatoms. The fourth-order valence-electron chi connectivity index (χ4n) is 3.56. The minimum atomic E-state index is -0.695. The van der Waals surface area contributed by atoms with E-state index >= 15 is 0 Å². The first-order chi connectivity index (χ1) is 16.4. The van der Waals surface area contributed by atoms with Crippen molar-refractivity contribution in [2.75, 3.05) is 31.9 Å². The highest BCUT2D eigenvalue weighted by atomic mass is 16.5. The Morgan fingerprint density at radius 3 is 1.94 bits per heavy atom. The average molecular weight is 489 g/mol. The van der Waals surface area contributed by atoms with Crippen molar-refractivity contribution < 1.29 is 33.7 Å². The highest BCUT2D eigenvalue weighted by molar-refractivity contribution is 6.01. The number of aliphatic hydroxyl groups excluding tert-OH is 1. The molecule has 9 nitrogen and oxygen atoms in total. The standard InChI is InChI=1S/C13H17NO4.C13H19NO3/c1-7-5-12(14-9(3)16)11(13(17)18-4)6-10(7)8(2)15;1-5-17-9(3)10-7-11(13(15)16-4)12(14)6-8(10)2/h5-6,8,15H,1-4H3,(H,14,16);6-7,9H,5,14H2,1-4H3. The predicted octanol–water partition coefficient (Wildman–Crippen LogP) is 4.25. The molecule has 0 bridgehead atoms. The van der Waals surface area contributed by atoms with E-state index in [0.29, 0.717) is 29.1 Å². The van der Waals surface area contributed by atoms with Crippen LogP contribution in [0, 0.1) is 13.8 Å². The minimum absolute atomic E-state index is 0.0657. The van der Waals surface area contributed by atoms with Gasteiger partial charge in [0.1, 0.15) is 0 Å². The first-order valence-corrected chi connectivity index (χ1v) is 11.2. The molecule has 1 amide bonds. The van der Waals surface area contributed by atoms with Crippen molar-refractivity contribution in [3.63, 3.8) is 0 Å². The van der Waals surface area contributed by atoms with Gasteiger partial charge in [-0.3, -0.25) is 4.79 Å². The number of aryl methyl sites for hydroxylation is 2. The second-order valence-electron chi connectivity index (χ2n) is 7.99. The molecule has 2 atom stereocenters. The Kier molecular flexibility index (Phi) is 11.4. The van der Waals surface area contributed by atoms with Crippen LogP contribution in [-0.4, -0.2) is 43.8 Å². The number of aliphatic hydroxyl groups is 1. The molecule has 2 unspecified atom stereocenters. The molecule has 2 rings (SSSR count). The summed E-state index contributed by atoms with van der Waals surface area (Å²) in [5, 5.41) is 12.2. The molecule has 4 N–H and O–H groups in total. The van der Waals surface area contributed by atoms with Gasteiger partial charge in [-0.2, -0.15) is 0 Å². The Bertz CT molecular complexity index is 1060. The summed E-state index contributed by atoms with van der Waals surface area (Å²) in [6, 6.07) is 6.71. The Hall–Kier alpha value is -3.43. The van der Waals surface area contributed by atoms with Crippen molar-refractivity contribution in [2.24, 2.45) is 0 Å². The molecule has 0 aliphatic carbocycles. The van der Waals surface area contributed by atoms with E-state index in [1.807, 2.05) is 20.8 Å². The van der Waals surface area contributed by atoms with E-state index in [1.54, 1.807) is 32.0 Å². The van der Waals surface area contributed by atoms with Gasteiger partial charge >= 0.3 is 11.9 Å². The summed E-state index contributed by atoms with van der Waals surface area (Å²) in [5.41, 5.74) is 10.6. The van der Waals surface area contributed by atoms with Gasteiger partial charge in [0.15, 0.2) is 0 Å². The van der Waals surface area contributed by atoms with Gasteiger partial charge < -0.3 is 30.4 Å². The lowest BCUT2D eigenvalue weighted by Gasteiger charge is -2.17. The number of ether oxygens (including phenoxy) is 3. The van der Waals surface area contributed by atoms with Crippen molar-refractivity contribution >= 4 is 29.2 Å². The molecular formula is C26H36N2O7. The zero-order valence-electron chi connectivity index (χ0n) is 21.6. The van der Waals surface area contributed by atoms with Gasteiger partial charge in [0, 0.05) is 19.2 Å². The molecule has 0 saturated heterocycles. The maximum absolute atomic E-state index is 11.6. The smallest absolute Gasteiger partial charge is 0.339 e. The number of hydrogen-bond donors (Lipinski definition) is 3. The Balaban J connectivity index is 0.000000351. The first-order valence-electron chi connectivity index (χ1n) is 11.2. The fourth-order valence-corrected chi connectivity index (χ4v) is 3.56. The number of methoxy groups -OCH3 is 2. The summed E-state index contributed by atoms with van der Waals surface area (Å²) in [6.45, 7) is 11.2. The van der Waals surface area contributed by atoms with E-state index in [2.05, 4.69) is 10.1 Å². The normalized spacial score (nSPS) is 12.0. The van der Waals surface area contributed by atoms with E-state index < -0.39 is 18.0 Å². The van der Waals surface area contributed by atoms with Gasteiger partial charge in [0.25, 0.3) is 0 Å². The number of benzene rings is 2.